The zero-order valence-electron chi connectivity index (χ0n) is 13.5. The van der Waals surface area contributed by atoms with Gasteiger partial charge in [0.25, 0.3) is 5.91 Å². The van der Waals surface area contributed by atoms with Crippen LogP contribution >= 0.6 is 11.3 Å². The van der Waals surface area contributed by atoms with Gasteiger partial charge in [-0.1, -0.05) is 29.5 Å². The number of sulfonamides is 1. The topological polar surface area (TPSA) is 101 Å². The Bertz CT molecular complexity index is 1090. The molecule has 140 valence electrons. The van der Waals surface area contributed by atoms with Crippen molar-refractivity contribution in [2.24, 2.45) is 0 Å². The third-order valence-electron chi connectivity index (χ3n) is 3.30. The molecule has 2 N–H and O–H groups in total. The quantitative estimate of drug-likeness (QED) is 0.650. The minimum atomic E-state index is -3.95. The lowest BCUT2D eigenvalue weighted by Gasteiger charge is -2.04. The number of carbonyl (C=O) groups excluding carboxylic acids is 1. The highest BCUT2D eigenvalue weighted by Crippen LogP contribution is 2.17. The second kappa shape index (κ2) is 7.86. The molecule has 2 aromatic carbocycles. The van der Waals surface area contributed by atoms with Crippen molar-refractivity contribution in [3.05, 3.63) is 70.2 Å². The highest BCUT2D eigenvalue weighted by atomic mass is 32.2. The molecule has 0 aliphatic heterocycles. The van der Waals surface area contributed by atoms with Crippen LogP contribution in [0.25, 0.3) is 0 Å². The van der Waals surface area contributed by atoms with E-state index in [9.17, 15) is 22.0 Å². The number of amides is 1. The van der Waals surface area contributed by atoms with Gasteiger partial charge in [-0.25, -0.2) is 21.9 Å². The van der Waals surface area contributed by atoms with Crippen molar-refractivity contribution in [3.63, 3.8) is 0 Å². The summed E-state index contributed by atoms with van der Waals surface area (Å²) < 4.78 is 53.3. The van der Waals surface area contributed by atoms with Crippen LogP contribution in [0.4, 0.5) is 14.5 Å². The van der Waals surface area contributed by atoms with Crippen LogP contribution in [0, 0.1) is 11.6 Å². The summed E-state index contributed by atoms with van der Waals surface area (Å²) in [6, 6.07) is 10.2. The van der Waals surface area contributed by atoms with Crippen molar-refractivity contribution in [1.82, 2.24) is 14.9 Å². The van der Waals surface area contributed by atoms with E-state index in [-0.39, 0.29) is 27.1 Å². The van der Waals surface area contributed by atoms with Crippen molar-refractivity contribution < 1.29 is 22.0 Å². The van der Waals surface area contributed by atoms with Crippen molar-refractivity contribution in [3.8, 4) is 0 Å². The minimum Gasteiger partial charge on any atom is -0.317 e. The van der Waals surface area contributed by atoms with Gasteiger partial charge in [0.2, 0.25) is 15.0 Å². The Hall–Kier alpha value is -2.76. The standard InChI is InChI=1S/C16H12F2N4O3S2/c17-10-4-3-5-11(8-10)27(24,25)19-9-14-21-22-16(26-14)15(23)20-13-7-2-1-6-12(13)18/h1-8,19H,9H2,(H,20,23). The summed E-state index contributed by atoms with van der Waals surface area (Å²) in [5.74, 6) is -1.95. The van der Waals surface area contributed by atoms with Gasteiger partial charge in [-0.05, 0) is 30.3 Å². The molecule has 3 aromatic rings. The van der Waals surface area contributed by atoms with Gasteiger partial charge >= 0.3 is 0 Å². The first kappa shape index (κ1) is 19.0. The first-order valence-electron chi connectivity index (χ1n) is 7.48. The second-order valence-electron chi connectivity index (χ2n) is 5.22. The van der Waals surface area contributed by atoms with Crippen LogP contribution in [0.3, 0.4) is 0 Å². The van der Waals surface area contributed by atoms with Gasteiger partial charge in [-0.15, -0.1) is 10.2 Å². The van der Waals surface area contributed by atoms with Crippen molar-refractivity contribution in [2.75, 3.05) is 5.32 Å². The third kappa shape index (κ3) is 4.70. The molecule has 0 radical (unpaired) electrons. The Morgan fingerprint density at radius 2 is 1.85 bits per heavy atom. The lowest BCUT2D eigenvalue weighted by molar-refractivity contribution is 0.102. The molecule has 7 nitrogen and oxygen atoms in total. The molecule has 0 saturated heterocycles. The summed E-state index contributed by atoms with van der Waals surface area (Å²) in [6.07, 6.45) is 0. The highest BCUT2D eigenvalue weighted by molar-refractivity contribution is 7.89. The smallest absolute Gasteiger partial charge is 0.286 e. The lowest BCUT2D eigenvalue weighted by Crippen LogP contribution is -2.23. The van der Waals surface area contributed by atoms with Gasteiger partial charge < -0.3 is 5.32 Å². The molecule has 1 aromatic heterocycles. The number of para-hydroxylation sites is 1. The van der Waals surface area contributed by atoms with E-state index in [1.165, 1.54) is 30.3 Å². The molecule has 3 rings (SSSR count). The molecule has 0 spiro atoms. The number of hydrogen-bond acceptors (Lipinski definition) is 6. The zero-order chi connectivity index (χ0) is 19.4. The summed E-state index contributed by atoms with van der Waals surface area (Å²) in [4.78, 5) is 11.9. The highest BCUT2D eigenvalue weighted by Gasteiger charge is 2.18. The van der Waals surface area contributed by atoms with Crippen LogP contribution in [0.2, 0.25) is 0 Å². The second-order valence-corrected chi connectivity index (χ2v) is 8.05. The fraction of sp³-hybridized carbons (Fsp3) is 0.0625. The summed E-state index contributed by atoms with van der Waals surface area (Å²) >= 11 is 0.847. The van der Waals surface area contributed by atoms with Gasteiger partial charge in [0.1, 0.15) is 16.6 Å². The monoisotopic (exact) mass is 410 g/mol. The maximum Gasteiger partial charge on any atom is 0.286 e. The average molecular weight is 410 g/mol. The van der Waals surface area contributed by atoms with Crippen LogP contribution in [0.5, 0.6) is 0 Å². The van der Waals surface area contributed by atoms with E-state index in [0.29, 0.717) is 0 Å². The zero-order valence-corrected chi connectivity index (χ0v) is 15.2. The molecule has 11 heteroatoms. The molecule has 1 amide bonds. The van der Waals surface area contributed by atoms with E-state index >= 15 is 0 Å². The molecule has 0 aliphatic rings. The van der Waals surface area contributed by atoms with Crippen LogP contribution in [0.15, 0.2) is 53.4 Å². The molecular formula is C16H12F2N4O3S2. The van der Waals surface area contributed by atoms with E-state index in [1.807, 2.05) is 0 Å². The fourth-order valence-corrected chi connectivity index (χ4v) is 3.81. The van der Waals surface area contributed by atoms with E-state index < -0.39 is 27.6 Å². The lowest BCUT2D eigenvalue weighted by atomic mass is 10.3. The fourth-order valence-electron chi connectivity index (χ4n) is 2.03. The summed E-state index contributed by atoms with van der Waals surface area (Å²) in [6.45, 7) is -0.233. The third-order valence-corrected chi connectivity index (χ3v) is 5.62. The number of hydrogen-bond donors (Lipinski definition) is 2. The van der Waals surface area contributed by atoms with Gasteiger partial charge in [0.15, 0.2) is 0 Å². The first-order chi connectivity index (χ1) is 12.8. The molecule has 0 fully saturated rings. The van der Waals surface area contributed by atoms with Crippen LogP contribution < -0.4 is 10.0 Å². The summed E-state index contributed by atoms with van der Waals surface area (Å²) in [5.41, 5.74) is -0.00828. The van der Waals surface area contributed by atoms with Crippen molar-refractivity contribution >= 4 is 33.0 Å². The maximum absolute atomic E-state index is 13.6. The number of rotatable bonds is 6. The summed E-state index contributed by atoms with van der Waals surface area (Å²) in [7, 11) is -3.95. The molecule has 0 bridgehead atoms. The number of carbonyl (C=O) groups is 1. The number of halogens is 2. The number of nitrogens with zero attached hydrogens (tertiary/aromatic N) is 2. The van der Waals surface area contributed by atoms with Crippen LogP contribution in [-0.2, 0) is 16.6 Å². The first-order valence-corrected chi connectivity index (χ1v) is 9.78. The largest absolute Gasteiger partial charge is 0.317 e. The normalized spacial score (nSPS) is 11.3. The Balaban J connectivity index is 1.66. The van der Waals surface area contributed by atoms with Gasteiger partial charge in [-0.3, -0.25) is 4.79 Å². The van der Waals surface area contributed by atoms with Crippen molar-refractivity contribution in [2.45, 2.75) is 11.4 Å². The molecule has 0 aliphatic carbocycles. The van der Waals surface area contributed by atoms with Crippen LogP contribution in [0.1, 0.15) is 14.8 Å². The Morgan fingerprint density at radius 1 is 1.07 bits per heavy atom. The number of anilines is 1. The van der Waals surface area contributed by atoms with E-state index in [0.717, 1.165) is 23.5 Å². The SMILES string of the molecule is O=C(Nc1ccccc1F)c1nnc(CNS(=O)(=O)c2cccc(F)c2)s1. The minimum absolute atomic E-state index is 0.00828. The maximum atomic E-state index is 13.6. The number of aromatic nitrogens is 2. The molecule has 27 heavy (non-hydrogen) atoms. The molecule has 0 saturated carbocycles. The predicted molar refractivity (Wildman–Crippen MR) is 94.7 cm³/mol. The molecule has 0 unspecified atom stereocenters. The Kier molecular flexibility index (Phi) is 5.54. The number of nitrogens with one attached hydrogen (secondary N) is 2. The predicted octanol–water partition coefficient (Wildman–Crippen LogP) is 2.55. The average Bonchev–Trinajstić information content (AvgIpc) is 3.11. The molecular weight excluding hydrogens is 398 g/mol. The molecule has 0 atom stereocenters. The van der Waals surface area contributed by atoms with E-state index in [4.69, 9.17) is 0 Å². The van der Waals surface area contributed by atoms with E-state index in [1.54, 1.807) is 6.07 Å². The Morgan fingerprint density at radius 3 is 2.59 bits per heavy atom. The van der Waals surface area contributed by atoms with E-state index in [2.05, 4.69) is 20.2 Å². The van der Waals surface area contributed by atoms with Crippen molar-refractivity contribution in [1.29, 1.82) is 0 Å². The molecule has 1 heterocycles. The van der Waals surface area contributed by atoms with Gasteiger partial charge in [0.05, 0.1) is 17.1 Å². The Labute approximate surface area is 157 Å². The number of benzene rings is 2. The van der Waals surface area contributed by atoms with Gasteiger partial charge in [0, 0.05) is 0 Å². The summed E-state index contributed by atoms with van der Waals surface area (Å²) in [5, 5.41) is 9.91. The van der Waals surface area contributed by atoms with Crippen LogP contribution in [-0.4, -0.2) is 24.5 Å². The van der Waals surface area contributed by atoms with Gasteiger partial charge in [-0.2, -0.15) is 0 Å².